The van der Waals surface area contributed by atoms with Gasteiger partial charge in [-0.1, -0.05) is 42.5 Å². The zero-order valence-electron chi connectivity index (χ0n) is 12.0. The van der Waals surface area contributed by atoms with Crippen LogP contribution in [0, 0.1) is 5.92 Å². The number of ether oxygens (including phenoxy) is 1. The molecule has 0 heterocycles. The van der Waals surface area contributed by atoms with Crippen molar-refractivity contribution in [1.82, 2.24) is 0 Å². The standard InChI is InChI=1S/C17H19NO2S/c1-20-16-10-6-5-9-15(16)18-17(19)14(12-21)11-13-7-3-2-4-8-13/h2-10,14,21H,11-12H2,1H3,(H,18,19). The fraction of sp³-hybridized carbons (Fsp3) is 0.235. The molecule has 0 spiro atoms. The van der Waals surface area contributed by atoms with E-state index in [9.17, 15) is 4.79 Å². The minimum Gasteiger partial charge on any atom is -0.495 e. The number of anilines is 1. The molecule has 0 aromatic heterocycles. The van der Waals surface area contributed by atoms with Crippen LogP contribution in [0.5, 0.6) is 5.75 Å². The fourth-order valence-corrected chi connectivity index (χ4v) is 2.42. The number of rotatable bonds is 6. The van der Waals surface area contributed by atoms with Gasteiger partial charge in [-0.05, 0) is 24.1 Å². The summed E-state index contributed by atoms with van der Waals surface area (Å²) in [6, 6.07) is 17.3. The Kier molecular flexibility index (Phi) is 5.69. The minimum atomic E-state index is -0.180. The molecule has 21 heavy (non-hydrogen) atoms. The maximum Gasteiger partial charge on any atom is 0.228 e. The van der Waals surface area contributed by atoms with Crippen LogP contribution in [0.25, 0.3) is 0 Å². The molecule has 3 nitrogen and oxygen atoms in total. The van der Waals surface area contributed by atoms with Crippen LogP contribution in [0.15, 0.2) is 54.6 Å². The number of para-hydroxylation sites is 2. The monoisotopic (exact) mass is 301 g/mol. The van der Waals surface area contributed by atoms with E-state index < -0.39 is 0 Å². The Balaban J connectivity index is 2.06. The number of hydrogen-bond donors (Lipinski definition) is 2. The summed E-state index contributed by atoms with van der Waals surface area (Å²) >= 11 is 4.31. The smallest absolute Gasteiger partial charge is 0.228 e. The molecule has 1 unspecified atom stereocenters. The van der Waals surface area contributed by atoms with Crippen molar-refractivity contribution in [2.75, 3.05) is 18.2 Å². The third kappa shape index (κ3) is 4.26. The predicted molar refractivity (Wildman–Crippen MR) is 89.1 cm³/mol. The maximum atomic E-state index is 12.4. The lowest BCUT2D eigenvalue weighted by Gasteiger charge is -2.16. The average Bonchev–Trinajstić information content (AvgIpc) is 2.54. The number of benzene rings is 2. The molecule has 2 rings (SSSR count). The highest BCUT2D eigenvalue weighted by Gasteiger charge is 2.18. The molecule has 1 amide bonds. The van der Waals surface area contributed by atoms with Gasteiger partial charge in [-0.25, -0.2) is 0 Å². The first-order chi connectivity index (χ1) is 10.2. The number of methoxy groups -OCH3 is 1. The van der Waals surface area contributed by atoms with Crippen molar-refractivity contribution < 1.29 is 9.53 Å². The molecular formula is C17H19NO2S. The fourth-order valence-electron chi connectivity index (χ4n) is 2.12. The summed E-state index contributed by atoms with van der Waals surface area (Å²) in [5, 5.41) is 2.92. The molecule has 0 fully saturated rings. The molecule has 110 valence electrons. The van der Waals surface area contributed by atoms with E-state index in [0.29, 0.717) is 23.6 Å². The van der Waals surface area contributed by atoms with E-state index in [2.05, 4.69) is 17.9 Å². The van der Waals surface area contributed by atoms with Crippen molar-refractivity contribution in [3.8, 4) is 5.75 Å². The molecule has 0 radical (unpaired) electrons. The Bertz CT molecular complexity index is 586. The summed E-state index contributed by atoms with van der Waals surface area (Å²) in [6.45, 7) is 0. The molecule has 0 aliphatic carbocycles. The lowest BCUT2D eigenvalue weighted by molar-refractivity contribution is -0.119. The second kappa shape index (κ2) is 7.74. The van der Waals surface area contributed by atoms with Crippen molar-refractivity contribution in [1.29, 1.82) is 0 Å². The summed E-state index contributed by atoms with van der Waals surface area (Å²) in [5.74, 6) is 0.929. The number of hydrogen-bond acceptors (Lipinski definition) is 3. The Morgan fingerprint density at radius 3 is 2.48 bits per heavy atom. The molecule has 0 bridgehead atoms. The number of amides is 1. The van der Waals surface area contributed by atoms with Gasteiger partial charge in [-0.15, -0.1) is 0 Å². The topological polar surface area (TPSA) is 38.3 Å². The Labute approximate surface area is 130 Å². The van der Waals surface area contributed by atoms with Gasteiger partial charge in [0.25, 0.3) is 0 Å². The van der Waals surface area contributed by atoms with Crippen LogP contribution in [0.4, 0.5) is 5.69 Å². The zero-order chi connectivity index (χ0) is 15.1. The molecule has 4 heteroatoms. The molecule has 2 aromatic rings. The Morgan fingerprint density at radius 1 is 1.14 bits per heavy atom. The van der Waals surface area contributed by atoms with Crippen LogP contribution in [0.1, 0.15) is 5.56 Å². The van der Waals surface area contributed by atoms with E-state index in [1.807, 2.05) is 54.6 Å². The van der Waals surface area contributed by atoms with E-state index in [1.165, 1.54) is 0 Å². The molecule has 1 atom stereocenters. The first kappa shape index (κ1) is 15.4. The number of carbonyl (C=O) groups excluding carboxylic acids is 1. The quantitative estimate of drug-likeness (QED) is 0.802. The third-order valence-electron chi connectivity index (χ3n) is 3.28. The summed E-state index contributed by atoms with van der Waals surface area (Å²) in [6.07, 6.45) is 0.672. The van der Waals surface area contributed by atoms with Gasteiger partial charge in [-0.3, -0.25) is 4.79 Å². The molecule has 0 saturated heterocycles. The summed E-state index contributed by atoms with van der Waals surface area (Å²) in [5.41, 5.74) is 1.82. The average molecular weight is 301 g/mol. The number of carbonyl (C=O) groups is 1. The van der Waals surface area contributed by atoms with Crippen LogP contribution in [-0.4, -0.2) is 18.8 Å². The van der Waals surface area contributed by atoms with Crippen LogP contribution >= 0.6 is 12.6 Å². The Hall–Kier alpha value is -1.94. The minimum absolute atomic E-state index is 0.0432. The van der Waals surface area contributed by atoms with Gasteiger partial charge in [0.05, 0.1) is 18.7 Å². The van der Waals surface area contributed by atoms with Crippen LogP contribution in [0.3, 0.4) is 0 Å². The van der Waals surface area contributed by atoms with Crippen LogP contribution in [-0.2, 0) is 11.2 Å². The second-order valence-electron chi connectivity index (χ2n) is 4.76. The van der Waals surface area contributed by atoms with Crippen molar-refractivity contribution in [3.63, 3.8) is 0 Å². The van der Waals surface area contributed by atoms with Crippen LogP contribution < -0.4 is 10.1 Å². The number of nitrogens with one attached hydrogen (secondary N) is 1. The highest BCUT2D eigenvalue weighted by molar-refractivity contribution is 7.80. The number of thiol groups is 1. The van der Waals surface area contributed by atoms with Crippen LogP contribution in [0.2, 0.25) is 0 Å². The lowest BCUT2D eigenvalue weighted by atomic mass is 10.00. The summed E-state index contributed by atoms with van der Waals surface area (Å²) in [7, 11) is 1.59. The van der Waals surface area contributed by atoms with Gasteiger partial charge in [0.15, 0.2) is 0 Å². The van der Waals surface area contributed by atoms with Crippen molar-refractivity contribution >= 4 is 24.2 Å². The molecule has 1 N–H and O–H groups in total. The maximum absolute atomic E-state index is 12.4. The normalized spacial score (nSPS) is 11.7. The SMILES string of the molecule is COc1ccccc1NC(=O)C(CS)Cc1ccccc1. The van der Waals surface area contributed by atoms with E-state index in [1.54, 1.807) is 7.11 Å². The van der Waals surface area contributed by atoms with E-state index >= 15 is 0 Å². The first-order valence-electron chi connectivity index (χ1n) is 6.83. The largest absolute Gasteiger partial charge is 0.495 e. The van der Waals surface area contributed by atoms with Gasteiger partial charge < -0.3 is 10.1 Å². The third-order valence-corrected chi connectivity index (χ3v) is 3.72. The van der Waals surface area contributed by atoms with Gasteiger partial charge in [0, 0.05) is 5.75 Å². The second-order valence-corrected chi connectivity index (χ2v) is 5.12. The zero-order valence-corrected chi connectivity index (χ0v) is 12.8. The highest BCUT2D eigenvalue weighted by atomic mass is 32.1. The Morgan fingerprint density at radius 2 is 1.81 bits per heavy atom. The molecule has 0 saturated carbocycles. The molecule has 0 aliphatic rings. The molecule has 2 aromatic carbocycles. The lowest BCUT2D eigenvalue weighted by Crippen LogP contribution is -2.26. The highest BCUT2D eigenvalue weighted by Crippen LogP contribution is 2.24. The predicted octanol–water partition coefficient (Wildman–Crippen LogP) is 3.42. The van der Waals surface area contributed by atoms with Gasteiger partial charge >= 0.3 is 0 Å². The van der Waals surface area contributed by atoms with E-state index in [0.717, 1.165) is 5.56 Å². The van der Waals surface area contributed by atoms with Crippen molar-refractivity contribution in [3.05, 3.63) is 60.2 Å². The molecular weight excluding hydrogens is 282 g/mol. The van der Waals surface area contributed by atoms with E-state index in [4.69, 9.17) is 4.74 Å². The van der Waals surface area contributed by atoms with Gasteiger partial charge in [-0.2, -0.15) is 12.6 Å². The van der Waals surface area contributed by atoms with Gasteiger partial charge in [0.2, 0.25) is 5.91 Å². The van der Waals surface area contributed by atoms with Gasteiger partial charge in [0.1, 0.15) is 5.75 Å². The summed E-state index contributed by atoms with van der Waals surface area (Å²) in [4.78, 5) is 12.4. The molecule has 0 aliphatic heterocycles. The first-order valence-corrected chi connectivity index (χ1v) is 7.46. The van der Waals surface area contributed by atoms with Crippen molar-refractivity contribution in [2.24, 2.45) is 5.92 Å². The van der Waals surface area contributed by atoms with Crippen molar-refractivity contribution in [2.45, 2.75) is 6.42 Å². The summed E-state index contributed by atoms with van der Waals surface area (Å²) < 4.78 is 5.24. The van der Waals surface area contributed by atoms with E-state index in [-0.39, 0.29) is 11.8 Å².